The summed E-state index contributed by atoms with van der Waals surface area (Å²) in [6.45, 7) is 0. The Balaban J connectivity index is 0.00000128. The van der Waals surface area contributed by atoms with Crippen LogP contribution in [0.3, 0.4) is 0 Å². The molecule has 3 N–H and O–H groups in total. The van der Waals surface area contributed by atoms with E-state index < -0.39 is 0 Å². The molecule has 0 spiro atoms. The first-order valence-electron chi connectivity index (χ1n) is 5.19. The number of nitrogens with two attached hydrogens (primary N) is 1. The lowest BCUT2D eigenvalue weighted by atomic mass is 9.99. The average Bonchev–Trinajstić information content (AvgIpc) is 3.02. The predicted molar refractivity (Wildman–Crippen MR) is 64.3 cm³/mol. The maximum absolute atomic E-state index is 9.64. The lowest BCUT2D eigenvalue weighted by Gasteiger charge is -2.13. The van der Waals surface area contributed by atoms with Crippen molar-refractivity contribution in [3.63, 3.8) is 0 Å². The minimum absolute atomic E-state index is 0. The van der Waals surface area contributed by atoms with Crippen molar-refractivity contribution in [1.82, 2.24) is 0 Å². The van der Waals surface area contributed by atoms with Gasteiger partial charge in [-0.1, -0.05) is 12.8 Å². The zero-order chi connectivity index (χ0) is 10.8. The summed E-state index contributed by atoms with van der Waals surface area (Å²) in [6.07, 6.45) is 3.39. The smallest absolute Gasteiger partial charge is 0.120 e. The molecule has 1 aliphatic carbocycles. The highest BCUT2D eigenvalue weighted by Gasteiger charge is 2.25. The Labute approximate surface area is 101 Å². The molecule has 16 heavy (non-hydrogen) atoms. The van der Waals surface area contributed by atoms with E-state index in [0.29, 0.717) is 17.0 Å². The lowest BCUT2D eigenvalue weighted by molar-refractivity contribution is 0.455. The molecule has 3 nitrogen and oxygen atoms in total. The maximum atomic E-state index is 9.64. The van der Waals surface area contributed by atoms with Gasteiger partial charge in [0, 0.05) is 11.6 Å². The van der Waals surface area contributed by atoms with E-state index in [2.05, 4.69) is 6.07 Å². The number of hydrogen-bond donors (Lipinski definition) is 2. The first-order valence-corrected chi connectivity index (χ1v) is 5.19. The largest absolute Gasteiger partial charge is 0.508 e. The molecule has 0 aliphatic heterocycles. The predicted octanol–water partition coefficient (Wildman–Crippen LogP) is 2.49. The Morgan fingerprint density at radius 3 is 2.75 bits per heavy atom. The quantitative estimate of drug-likeness (QED) is 0.850. The average molecular weight is 239 g/mol. The van der Waals surface area contributed by atoms with Crippen LogP contribution < -0.4 is 5.73 Å². The monoisotopic (exact) mass is 238 g/mol. The summed E-state index contributed by atoms with van der Waals surface area (Å²) in [5.41, 5.74) is 7.24. The van der Waals surface area contributed by atoms with Crippen LogP contribution in [0.15, 0.2) is 18.2 Å². The Morgan fingerprint density at radius 1 is 1.50 bits per heavy atom. The van der Waals surface area contributed by atoms with Gasteiger partial charge in [0.1, 0.15) is 5.75 Å². The van der Waals surface area contributed by atoms with Gasteiger partial charge in [-0.25, -0.2) is 0 Å². The van der Waals surface area contributed by atoms with Crippen molar-refractivity contribution in [1.29, 1.82) is 5.26 Å². The van der Waals surface area contributed by atoms with Crippen LogP contribution in [0.1, 0.15) is 36.4 Å². The molecule has 0 bridgehead atoms. The van der Waals surface area contributed by atoms with Crippen LogP contribution in [0.25, 0.3) is 0 Å². The molecule has 1 aliphatic rings. The van der Waals surface area contributed by atoms with Crippen molar-refractivity contribution in [3.05, 3.63) is 29.3 Å². The zero-order valence-corrected chi connectivity index (χ0v) is 9.70. The van der Waals surface area contributed by atoms with Crippen molar-refractivity contribution < 1.29 is 5.11 Å². The second-order valence-electron chi connectivity index (χ2n) is 4.17. The number of halogens is 1. The third-order valence-electron chi connectivity index (χ3n) is 2.84. The van der Waals surface area contributed by atoms with Gasteiger partial charge in [-0.2, -0.15) is 5.26 Å². The van der Waals surface area contributed by atoms with Crippen molar-refractivity contribution in [2.75, 3.05) is 0 Å². The Kier molecular flexibility index (Phi) is 4.17. The van der Waals surface area contributed by atoms with E-state index in [-0.39, 0.29) is 24.2 Å². The van der Waals surface area contributed by atoms with E-state index >= 15 is 0 Å². The molecule has 0 saturated heterocycles. The molecular formula is C12H15ClN2O. The molecule has 1 saturated carbocycles. The summed E-state index contributed by atoms with van der Waals surface area (Å²) in [6, 6.07) is 6.73. The number of nitrogens with zero attached hydrogens (tertiary/aromatic N) is 1. The molecule has 1 aromatic rings. The standard InChI is InChI=1S/C12H14N2O.ClH/c13-7-9-3-4-12(15)10(5-9)11(14)6-8-1-2-8;/h3-5,8,11,15H,1-2,6,14H2;1H/t11-;/m0./s1. The number of hydrogen-bond acceptors (Lipinski definition) is 3. The van der Waals surface area contributed by atoms with Gasteiger partial charge in [-0.05, 0) is 30.5 Å². The molecule has 0 unspecified atom stereocenters. The fourth-order valence-corrected chi connectivity index (χ4v) is 1.76. The summed E-state index contributed by atoms with van der Waals surface area (Å²) in [5, 5.41) is 18.4. The van der Waals surface area contributed by atoms with E-state index in [1.807, 2.05) is 0 Å². The molecule has 1 atom stereocenters. The van der Waals surface area contributed by atoms with E-state index in [9.17, 15) is 5.11 Å². The normalized spacial score (nSPS) is 16.0. The number of phenols is 1. The Hall–Kier alpha value is -1.24. The number of nitriles is 1. The van der Waals surface area contributed by atoms with Crippen molar-refractivity contribution in [2.45, 2.75) is 25.3 Å². The van der Waals surface area contributed by atoms with Crippen LogP contribution in [0.4, 0.5) is 0 Å². The number of aromatic hydroxyl groups is 1. The first-order chi connectivity index (χ1) is 7.20. The Bertz CT molecular complexity index is 410. The van der Waals surface area contributed by atoms with Gasteiger partial charge >= 0.3 is 0 Å². The summed E-state index contributed by atoms with van der Waals surface area (Å²) in [5.74, 6) is 0.910. The maximum Gasteiger partial charge on any atom is 0.120 e. The Morgan fingerprint density at radius 2 is 2.19 bits per heavy atom. The molecule has 0 heterocycles. The van der Waals surface area contributed by atoms with Crippen molar-refractivity contribution >= 4 is 12.4 Å². The zero-order valence-electron chi connectivity index (χ0n) is 8.89. The van der Waals surface area contributed by atoms with Gasteiger partial charge in [0.05, 0.1) is 11.6 Å². The van der Waals surface area contributed by atoms with E-state index in [1.54, 1.807) is 18.2 Å². The fraction of sp³-hybridized carbons (Fsp3) is 0.417. The molecule has 86 valence electrons. The minimum atomic E-state index is -0.147. The lowest BCUT2D eigenvalue weighted by Crippen LogP contribution is -2.11. The number of benzene rings is 1. The van der Waals surface area contributed by atoms with E-state index in [4.69, 9.17) is 11.0 Å². The summed E-state index contributed by atoms with van der Waals surface area (Å²) in [4.78, 5) is 0. The third kappa shape index (κ3) is 2.88. The van der Waals surface area contributed by atoms with Crippen LogP contribution >= 0.6 is 12.4 Å². The second-order valence-corrected chi connectivity index (χ2v) is 4.17. The first kappa shape index (κ1) is 12.8. The van der Waals surface area contributed by atoms with Gasteiger partial charge in [-0.15, -0.1) is 12.4 Å². The summed E-state index contributed by atoms with van der Waals surface area (Å²) < 4.78 is 0. The summed E-state index contributed by atoms with van der Waals surface area (Å²) >= 11 is 0. The van der Waals surface area contributed by atoms with Crippen LogP contribution in [0.5, 0.6) is 5.75 Å². The highest BCUT2D eigenvalue weighted by Crippen LogP contribution is 2.38. The minimum Gasteiger partial charge on any atom is -0.508 e. The van der Waals surface area contributed by atoms with E-state index in [0.717, 1.165) is 6.42 Å². The van der Waals surface area contributed by atoms with Gasteiger partial charge in [0.2, 0.25) is 0 Å². The molecule has 0 radical (unpaired) electrons. The highest BCUT2D eigenvalue weighted by atomic mass is 35.5. The summed E-state index contributed by atoms with van der Waals surface area (Å²) in [7, 11) is 0. The highest BCUT2D eigenvalue weighted by molar-refractivity contribution is 5.85. The molecular weight excluding hydrogens is 224 g/mol. The topological polar surface area (TPSA) is 70.0 Å². The SMILES string of the molecule is Cl.N#Cc1ccc(O)c([C@@H](N)CC2CC2)c1. The van der Waals surface area contributed by atoms with Gasteiger partial charge < -0.3 is 10.8 Å². The van der Waals surface area contributed by atoms with Crippen LogP contribution in [0, 0.1) is 17.2 Å². The third-order valence-corrected chi connectivity index (χ3v) is 2.84. The number of rotatable bonds is 3. The number of phenolic OH excluding ortho intramolecular Hbond substituents is 1. The molecule has 0 aromatic heterocycles. The van der Waals surface area contributed by atoms with Gasteiger partial charge in [0.15, 0.2) is 0 Å². The van der Waals surface area contributed by atoms with Gasteiger partial charge in [0.25, 0.3) is 0 Å². The van der Waals surface area contributed by atoms with Crippen molar-refractivity contribution in [2.24, 2.45) is 11.7 Å². The van der Waals surface area contributed by atoms with Crippen LogP contribution in [-0.2, 0) is 0 Å². The van der Waals surface area contributed by atoms with E-state index in [1.165, 1.54) is 12.8 Å². The van der Waals surface area contributed by atoms with Crippen molar-refractivity contribution in [3.8, 4) is 11.8 Å². The molecule has 2 rings (SSSR count). The second kappa shape index (κ2) is 5.20. The van der Waals surface area contributed by atoms with Crippen LogP contribution in [-0.4, -0.2) is 5.11 Å². The van der Waals surface area contributed by atoms with Crippen LogP contribution in [0.2, 0.25) is 0 Å². The molecule has 4 heteroatoms. The molecule has 0 amide bonds. The molecule has 1 fully saturated rings. The van der Waals surface area contributed by atoms with Gasteiger partial charge in [-0.3, -0.25) is 0 Å². The fourth-order valence-electron chi connectivity index (χ4n) is 1.76. The molecule has 1 aromatic carbocycles.